The van der Waals surface area contributed by atoms with Crippen molar-refractivity contribution in [1.82, 2.24) is 4.90 Å². The highest BCUT2D eigenvalue weighted by Gasteiger charge is 2.19. The zero-order valence-corrected chi connectivity index (χ0v) is 11.1. The first-order valence-electron chi connectivity index (χ1n) is 7.04. The summed E-state index contributed by atoms with van der Waals surface area (Å²) in [5.41, 5.74) is 2.48. The summed E-state index contributed by atoms with van der Waals surface area (Å²) in [6.07, 6.45) is 2.66. The van der Waals surface area contributed by atoms with E-state index >= 15 is 0 Å². The summed E-state index contributed by atoms with van der Waals surface area (Å²) in [4.78, 5) is 2.55. The second-order valence-electron chi connectivity index (χ2n) is 5.53. The van der Waals surface area contributed by atoms with Gasteiger partial charge in [0.1, 0.15) is 12.4 Å². The van der Waals surface area contributed by atoms with Crippen molar-refractivity contribution in [3.8, 4) is 5.75 Å². The molecule has 98 valence electrons. The van der Waals surface area contributed by atoms with Crippen molar-refractivity contribution in [3.05, 3.63) is 23.8 Å². The molecule has 3 heteroatoms. The molecular formula is C15H22N2O. The monoisotopic (exact) mass is 246 g/mol. The van der Waals surface area contributed by atoms with E-state index in [1.54, 1.807) is 0 Å². The van der Waals surface area contributed by atoms with Gasteiger partial charge in [-0.25, -0.2) is 0 Å². The van der Waals surface area contributed by atoms with Gasteiger partial charge in [-0.15, -0.1) is 0 Å². The van der Waals surface area contributed by atoms with Crippen molar-refractivity contribution >= 4 is 5.69 Å². The van der Waals surface area contributed by atoms with E-state index in [-0.39, 0.29) is 0 Å². The summed E-state index contributed by atoms with van der Waals surface area (Å²) in [5.74, 6) is 1.96. The number of nitrogens with one attached hydrogen (secondary N) is 1. The Morgan fingerprint density at radius 1 is 1.33 bits per heavy atom. The molecule has 0 saturated carbocycles. The van der Waals surface area contributed by atoms with Gasteiger partial charge in [-0.2, -0.15) is 0 Å². The second-order valence-corrected chi connectivity index (χ2v) is 5.53. The Kier molecular flexibility index (Phi) is 3.41. The zero-order valence-electron chi connectivity index (χ0n) is 11.1. The first-order chi connectivity index (χ1) is 8.83. The maximum Gasteiger partial charge on any atom is 0.146 e. The van der Waals surface area contributed by atoms with E-state index in [0.717, 1.165) is 37.1 Å². The number of anilines is 1. The van der Waals surface area contributed by atoms with Crippen molar-refractivity contribution in [3.63, 3.8) is 0 Å². The van der Waals surface area contributed by atoms with Gasteiger partial charge in [-0.3, -0.25) is 4.90 Å². The van der Waals surface area contributed by atoms with Gasteiger partial charge in [0.25, 0.3) is 0 Å². The Morgan fingerprint density at radius 3 is 3.00 bits per heavy atom. The van der Waals surface area contributed by atoms with Gasteiger partial charge >= 0.3 is 0 Å². The van der Waals surface area contributed by atoms with Crippen LogP contribution in [0.15, 0.2) is 18.2 Å². The summed E-state index contributed by atoms with van der Waals surface area (Å²) in [5, 5.41) is 3.40. The van der Waals surface area contributed by atoms with Gasteiger partial charge in [-0.1, -0.05) is 19.1 Å². The third kappa shape index (κ3) is 2.46. The molecule has 3 nitrogen and oxygen atoms in total. The number of benzene rings is 1. The fraction of sp³-hybridized carbons (Fsp3) is 0.600. The SMILES string of the molecule is CC1CCN(Cc2cccc3c2OCCN3)CC1. The summed E-state index contributed by atoms with van der Waals surface area (Å²) in [7, 11) is 0. The van der Waals surface area contributed by atoms with Gasteiger partial charge < -0.3 is 10.1 Å². The minimum absolute atomic E-state index is 0.779. The predicted octanol–water partition coefficient (Wildman–Crippen LogP) is 2.72. The van der Waals surface area contributed by atoms with E-state index in [9.17, 15) is 0 Å². The van der Waals surface area contributed by atoms with Crippen molar-refractivity contribution < 1.29 is 4.74 Å². The molecule has 2 aliphatic rings. The number of rotatable bonds is 2. The molecule has 18 heavy (non-hydrogen) atoms. The zero-order chi connectivity index (χ0) is 12.4. The lowest BCUT2D eigenvalue weighted by Crippen LogP contribution is -2.32. The Bertz CT molecular complexity index is 411. The van der Waals surface area contributed by atoms with Gasteiger partial charge in [0.05, 0.1) is 5.69 Å². The van der Waals surface area contributed by atoms with Crippen molar-refractivity contribution in [1.29, 1.82) is 0 Å². The van der Waals surface area contributed by atoms with E-state index in [4.69, 9.17) is 4.74 Å². The highest BCUT2D eigenvalue weighted by Crippen LogP contribution is 2.32. The van der Waals surface area contributed by atoms with Crippen molar-refractivity contribution in [2.75, 3.05) is 31.6 Å². The number of para-hydroxylation sites is 1. The molecule has 1 aromatic rings. The lowest BCUT2D eigenvalue weighted by molar-refractivity contribution is 0.182. The van der Waals surface area contributed by atoms with Crippen LogP contribution < -0.4 is 10.1 Å². The highest BCUT2D eigenvalue weighted by atomic mass is 16.5. The van der Waals surface area contributed by atoms with Crippen LogP contribution in [0.2, 0.25) is 0 Å². The van der Waals surface area contributed by atoms with Crippen LogP contribution in [0.1, 0.15) is 25.3 Å². The molecule has 1 fully saturated rings. The van der Waals surface area contributed by atoms with Crippen LogP contribution in [-0.2, 0) is 6.54 Å². The van der Waals surface area contributed by atoms with Crippen molar-refractivity contribution in [2.24, 2.45) is 5.92 Å². The maximum atomic E-state index is 5.83. The molecule has 0 aliphatic carbocycles. The predicted molar refractivity (Wildman–Crippen MR) is 74.1 cm³/mol. The van der Waals surface area contributed by atoms with Crippen molar-refractivity contribution in [2.45, 2.75) is 26.3 Å². The van der Waals surface area contributed by atoms with Crippen LogP contribution in [0.3, 0.4) is 0 Å². The van der Waals surface area contributed by atoms with Gasteiger partial charge in [-0.05, 0) is 37.9 Å². The van der Waals surface area contributed by atoms with Crippen LogP contribution in [0, 0.1) is 5.92 Å². The quantitative estimate of drug-likeness (QED) is 0.868. The van der Waals surface area contributed by atoms with E-state index < -0.39 is 0 Å². The Morgan fingerprint density at radius 2 is 2.17 bits per heavy atom. The van der Waals surface area contributed by atoms with Crippen LogP contribution in [0.5, 0.6) is 5.75 Å². The number of piperidine rings is 1. The minimum Gasteiger partial charge on any atom is -0.489 e. The minimum atomic E-state index is 0.779. The number of ether oxygens (including phenoxy) is 1. The van der Waals surface area contributed by atoms with Gasteiger partial charge in [0.15, 0.2) is 0 Å². The lowest BCUT2D eigenvalue weighted by Gasteiger charge is -2.31. The molecule has 0 amide bonds. The summed E-state index contributed by atoms with van der Waals surface area (Å²) in [6.45, 7) is 7.52. The molecular weight excluding hydrogens is 224 g/mol. The molecule has 0 spiro atoms. The van der Waals surface area contributed by atoms with Crippen LogP contribution in [-0.4, -0.2) is 31.1 Å². The summed E-state index contributed by atoms with van der Waals surface area (Å²) < 4.78 is 5.83. The average molecular weight is 246 g/mol. The Labute approximate surface area is 109 Å². The topological polar surface area (TPSA) is 24.5 Å². The smallest absolute Gasteiger partial charge is 0.146 e. The molecule has 0 aromatic heterocycles. The number of hydrogen-bond acceptors (Lipinski definition) is 3. The molecule has 0 atom stereocenters. The highest BCUT2D eigenvalue weighted by molar-refractivity contribution is 5.61. The fourth-order valence-corrected chi connectivity index (χ4v) is 2.82. The van der Waals surface area contributed by atoms with Crippen LogP contribution >= 0.6 is 0 Å². The first-order valence-corrected chi connectivity index (χ1v) is 7.04. The lowest BCUT2D eigenvalue weighted by atomic mass is 9.98. The molecule has 2 aliphatic heterocycles. The number of hydrogen-bond donors (Lipinski definition) is 1. The van der Waals surface area contributed by atoms with E-state index in [1.807, 2.05) is 0 Å². The largest absolute Gasteiger partial charge is 0.489 e. The Balaban J connectivity index is 1.72. The van der Waals surface area contributed by atoms with E-state index in [1.165, 1.54) is 31.5 Å². The van der Waals surface area contributed by atoms with E-state index in [0.29, 0.717) is 0 Å². The molecule has 0 bridgehead atoms. The maximum absolute atomic E-state index is 5.83. The molecule has 1 N–H and O–H groups in total. The molecule has 2 heterocycles. The third-order valence-corrected chi connectivity index (χ3v) is 4.03. The molecule has 0 unspecified atom stereocenters. The fourth-order valence-electron chi connectivity index (χ4n) is 2.82. The number of likely N-dealkylation sites (tertiary alicyclic amines) is 1. The summed E-state index contributed by atoms with van der Waals surface area (Å²) >= 11 is 0. The Hall–Kier alpha value is -1.22. The van der Waals surface area contributed by atoms with Gasteiger partial charge in [0, 0.05) is 18.7 Å². The summed E-state index contributed by atoms with van der Waals surface area (Å²) in [6, 6.07) is 6.43. The standard InChI is InChI=1S/C15H22N2O/c1-12-5-8-17(9-6-12)11-13-3-2-4-14-15(13)18-10-7-16-14/h2-4,12,16H,5-11H2,1H3. The van der Waals surface area contributed by atoms with E-state index in [2.05, 4.69) is 35.3 Å². The third-order valence-electron chi connectivity index (χ3n) is 4.03. The van der Waals surface area contributed by atoms with Crippen LogP contribution in [0.4, 0.5) is 5.69 Å². The first kappa shape index (κ1) is 11.8. The molecule has 0 radical (unpaired) electrons. The van der Waals surface area contributed by atoms with Gasteiger partial charge in [0.2, 0.25) is 0 Å². The van der Waals surface area contributed by atoms with Crippen LogP contribution in [0.25, 0.3) is 0 Å². The normalized spacial score (nSPS) is 20.9. The second kappa shape index (κ2) is 5.19. The average Bonchev–Trinajstić information content (AvgIpc) is 2.42. The molecule has 3 rings (SSSR count). The molecule has 1 aromatic carbocycles. The number of fused-ring (bicyclic) bond motifs is 1. The molecule has 1 saturated heterocycles. The number of nitrogens with zero attached hydrogens (tertiary/aromatic N) is 1.